The van der Waals surface area contributed by atoms with E-state index >= 15 is 0 Å². The van der Waals surface area contributed by atoms with Gasteiger partial charge in [-0.1, -0.05) is 13.3 Å². The molecule has 0 bridgehead atoms. The Hall–Kier alpha value is -2.68. The van der Waals surface area contributed by atoms with Gasteiger partial charge >= 0.3 is 0 Å². The molecule has 0 aliphatic carbocycles. The Morgan fingerprint density at radius 2 is 2.29 bits per heavy atom. The minimum Gasteiger partial charge on any atom is -0.342 e. The van der Waals surface area contributed by atoms with Crippen molar-refractivity contribution in [2.24, 2.45) is 7.05 Å². The third-order valence-electron chi connectivity index (χ3n) is 3.19. The van der Waals surface area contributed by atoms with E-state index in [1.807, 2.05) is 23.9 Å². The summed E-state index contributed by atoms with van der Waals surface area (Å²) in [6.45, 7) is 2.06. The molecule has 0 fully saturated rings. The van der Waals surface area contributed by atoms with Gasteiger partial charge in [0.2, 0.25) is 0 Å². The Bertz CT molecular complexity index is 653. The zero-order valence-electron chi connectivity index (χ0n) is 12.1. The largest absolute Gasteiger partial charge is 0.342 e. The fraction of sp³-hybridized carbons (Fsp3) is 0.333. The molecule has 2 aromatic heterocycles. The monoisotopic (exact) mass is 283 g/mol. The van der Waals surface area contributed by atoms with Gasteiger partial charge in [-0.15, -0.1) is 0 Å². The van der Waals surface area contributed by atoms with Crippen LogP contribution in [-0.2, 0) is 7.05 Å². The summed E-state index contributed by atoms with van der Waals surface area (Å²) in [5.74, 6) is 0.611. The van der Waals surface area contributed by atoms with Gasteiger partial charge in [-0.3, -0.25) is 4.79 Å². The minimum absolute atomic E-state index is 0.141. The normalized spacial score (nSPS) is 11.7. The summed E-state index contributed by atoms with van der Waals surface area (Å²) in [4.78, 5) is 20.5. The molecule has 0 spiro atoms. The van der Waals surface area contributed by atoms with Crippen molar-refractivity contribution in [1.29, 1.82) is 5.26 Å². The first-order valence-corrected chi connectivity index (χ1v) is 6.80. The fourth-order valence-electron chi connectivity index (χ4n) is 2.10. The predicted molar refractivity (Wildman–Crippen MR) is 77.3 cm³/mol. The third kappa shape index (κ3) is 3.45. The highest BCUT2D eigenvalue weighted by Crippen LogP contribution is 2.17. The molecule has 0 unspecified atom stereocenters. The smallest absolute Gasteiger partial charge is 0.253 e. The molecule has 108 valence electrons. The van der Waals surface area contributed by atoms with Crippen molar-refractivity contribution < 1.29 is 4.79 Å². The van der Waals surface area contributed by atoms with Gasteiger partial charge in [0, 0.05) is 25.6 Å². The summed E-state index contributed by atoms with van der Waals surface area (Å²) < 4.78 is 1.90. The summed E-state index contributed by atoms with van der Waals surface area (Å²) in [6, 6.07) is 4.92. The molecular formula is C15H17N5O. The van der Waals surface area contributed by atoms with Crippen molar-refractivity contribution in [2.75, 3.05) is 0 Å². The second-order valence-corrected chi connectivity index (χ2v) is 4.75. The average Bonchev–Trinajstić information content (AvgIpc) is 2.93. The Kier molecular flexibility index (Phi) is 4.67. The molecule has 0 saturated carbocycles. The van der Waals surface area contributed by atoms with E-state index in [1.54, 1.807) is 12.3 Å². The minimum atomic E-state index is -0.214. The quantitative estimate of drug-likeness (QED) is 0.909. The molecule has 1 amide bonds. The lowest BCUT2D eigenvalue weighted by Gasteiger charge is -2.17. The van der Waals surface area contributed by atoms with Crippen LogP contribution in [0.15, 0.2) is 30.7 Å². The third-order valence-corrected chi connectivity index (χ3v) is 3.19. The number of rotatable bonds is 5. The molecule has 2 heterocycles. The van der Waals surface area contributed by atoms with Crippen molar-refractivity contribution in [2.45, 2.75) is 25.8 Å². The van der Waals surface area contributed by atoms with Gasteiger partial charge in [0.05, 0.1) is 11.6 Å². The summed E-state index contributed by atoms with van der Waals surface area (Å²) in [7, 11) is 1.90. The van der Waals surface area contributed by atoms with Crippen LogP contribution < -0.4 is 5.32 Å². The molecule has 6 heteroatoms. The van der Waals surface area contributed by atoms with Crippen LogP contribution in [-0.4, -0.2) is 20.4 Å². The maximum absolute atomic E-state index is 12.3. The number of imidazole rings is 1. The van der Waals surface area contributed by atoms with E-state index in [4.69, 9.17) is 5.26 Å². The van der Waals surface area contributed by atoms with Crippen LogP contribution in [0.2, 0.25) is 0 Å². The van der Waals surface area contributed by atoms with Gasteiger partial charge in [0.15, 0.2) is 0 Å². The first-order chi connectivity index (χ1) is 10.2. The predicted octanol–water partition coefficient (Wildman–Crippen LogP) is 1.96. The number of nitrogens with one attached hydrogen (secondary N) is 1. The van der Waals surface area contributed by atoms with Gasteiger partial charge < -0.3 is 9.88 Å². The fourth-order valence-corrected chi connectivity index (χ4v) is 2.10. The standard InChI is InChI=1S/C15H17N5O/c1-3-4-13(14-17-7-8-20(14)2)19-15(21)11-5-6-12(9-16)18-10-11/h5-8,10,13H,3-4H2,1-2H3,(H,19,21)/t13-/m1/s1. The van der Waals surface area contributed by atoms with Crippen LogP contribution in [0.1, 0.15) is 47.7 Å². The van der Waals surface area contributed by atoms with Crippen LogP contribution >= 0.6 is 0 Å². The lowest BCUT2D eigenvalue weighted by molar-refractivity contribution is 0.0931. The van der Waals surface area contributed by atoms with E-state index in [9.17, 15) is 4.79 Å². The zero-order chi connectivity index (χ0) is 15.2. The first-order valence-electron chi connectivity index (χ1n) is 6.80. The van der Waals surface area contributed by atoms with E-state index in [2.05, 4.69) is 22.2 Å². The van der Waals surface area contributed by atoms with Gasteiger partial charge in [0.25, 0.3) is 5.91 Å². The molecule has 1 N–H and O–H groups in total. The second-order valence-electron chi connectivity index (χ2n) is 4.75. The van der Waals surface area contributed by atoms with Crippen LogP contribution in [0.4, 0.5) is 0 Å². The van der Waals surface area contributed by atoms with Crippen molar-refractivity contribution >= 4 is 5.91 Å². The number of carbonyl (C=O) groups is 1. The van der Waals surface area contributed by atoms with E-state index in [1.165, 1.54) is 12.3 Å². The zero-order valence-corrected chi connectivity index (χ0v) is 12.1. The van der Waals surface area contributed by atoms with Crippen molar-refractivity contribution in [3.8, 4) is 6.07 Å². The van der Waals surface area contributed by atoms with Crippen LogP contribution in [0.3, 0.4) is 0 Å². The highest BCUT2D eigenvalue weighted by molar-refractivity contribution is 5.94. The maximum atomic E-state index is 12.3. The van der Waals surface area contributed by atoms with Crippen LogP contribution in [0.5, 0.6) is 0 Å². The highest BCUT2D eigenvalue weighted by atomic mass is 16.1. The molecule has 0 aromatic carbocycles. The van der Waals surface area contributed by atoms with Crippen LogP contribution in [0, 0.1) is 11.3 Å². The molecule has 1 atom stereocenters. The number of aromatic nitrogens is 3. The Balaban J connectivity index is 2.14. The summed E-state index contributed by atoms with van der Waals surface area (Å²) in [6.07, 6.45) is 6.72. The number of nitrogens with zero attached hydrogens (tertiary/aromatic N) is 4. The van der Waals surface area contributed by atoms with E-state index in [0.717, 1.165) is 18.7 Å². The number of nitriles is 1. The topological polar surface area (TPSA) is 83.6 Å². The summed E-state index contributed by atoms with van der Waals surface area (Å²) in [5.41, 5.74) is 0.727. The highest BCUT2D eigenvalue weighted by Gasteiger charge is 2.18. The number of aryl methyl sites for hydroxylation is 1. The number of carbonyl (C=O) groups excluding carboxylic acids is 1. The van der Waals surface area contributed by atoms with E-state index < -0.39 is 0 Å². The number of hydrogen-bond acceptors (Lipinski definition) is 4. The lowest BCUT2D eigenvalue weighted by atomic mass is 10.1. The van der Waals surface area contributed by atoms with E-state index in [0.29, 0.717) is 11.3 Å². The average molecular weight is 283 g/mol. The number of pyridine rings is 1. The van der Waals surface area contributed by atoms with E-state index in [-0.39, 0.29) is 11.9 Å². The first kappa shape index (κ1) is 14.7. The van der Waals surface area contributed by atoms with Crippen LogP contribution in [0.25, 0.3) is 0 Å². The molecule has 0 radical (unpaired) electrons. The van der Waals surface area contributed by atoms with Gasteiger partial charge in [-0.2, -0.15) is 5.26 Å². The summed E-state index contributed by atoms with van der Waals surface area (Å²) >= 11 is 0. The van der Waals surface area contributed by atoms with Gasteiger partial charge in [0.1, 0.15) is 17.6 Å². The molecule has 6 nitrogen and oxygen atoms in total. The molecule has 0 aliphatic rings. The Morgan fingerprint density at radius 3 is 2.81 bits per heavy atom. The molecule has 21 heavy (non-hydrogen) atoms. The van der Waals surface area contributed by atoms with Crippen molar-refractivity contribution in [3.05, 3.63) is 47.8 Å². The lowest BCUT2D eigenvalue weighted by Crippen LogP contribution is -2.30. The number of hydrogen-bond donors (Lipinski definition) is 1. The molecule has 2 aromatic rings. The van der Waals surface area contributed by atoms with Crippen molar-refractivity contribution in [3.63, 3.8) is 0 Å². The molecule has 2 rings (SSSR count). The Morgan fingerprint density at radius 1 is 1.48 bits per heavy atom. The SMILES string of the molecule is CCC[C@@H](NC(=O)c1ccc(C#N)nc1)c1nccn1C. The maximum Gasteiger partial charge on any atom is 0.253 e. The molecule has 0 aliphatic heterocycles. The Labute approximate surface area is 123 Å². The van der Waals surface area contributed by atoms with Crippen molar-refractivity contribution in [1.82, 2.24) is 19.9 Å². The number of amides is 1. The van der Waals surface area contributed by atoms with Gasteiger partial charge in [-0.05, 0) is 18.6 Å². The van der Waals surface area contributed by atoms with Gasteiger partial charge in [-0.25, -0.2) is 9.97 Å². The second kappa shape index (κ2) is 6.66. The summed E-state index contributed by atoms with van der Waals surface area (Å²) in [5, 5.41) is 11.7. The molecular weight excluding hydrogens is 266 g/mol. The molecule has 0 saturated heterocycles.